The normalized spacial score (nSPS) is 14.4. The molecule has 6 nitrogen and oxygen atoms in total. The lowest BCUT2D eigenvalue weighted by molar-refractivity contribution is 0.0563. The van der Waals surface area contributed by atoms with Gasteiger partial charge in [-0.3, -0.25) is 4.90 Å². The summed E-state index contributed by atoms with van der Waals surface area (Å²) in [5.41, 5.74) is 0. The Morgan fingerprint density at radius 3 is 1.17 bits per heavy atom. The first-order valence-electron chi connectivity index (χ1n) is 25.0. The molecule has 0 aliphatic carbocycles. The van der Waals surface area contributed by atoms with Crippen LogP contribution in [0.2, 0.25) is 0 Å². The van der Waals surface area contributed by atoms with Crippen LogP contribution in [0.4, 0.5) is 0 Å². The van der Waals surface area contributed by atoms with E-state index in [2.05, 4.69) is 116 Å². The molecule has 0 amide bonds. The quantitative estimate of drug-likeness (QED) is 0.0362. The van der Waals surface area contributed by atoms with Crippen LogP contribution in [0, 0.1) is 0 Å². The molecule has 0 aliphatic rings. The third kappa shape index (κ3) is 45.6. The zero-order valence-corrected chi connectivity index (χ0v) is 39.4. The number of allylic oxidation sites excluding steroid dienone is 12. The minimum Gasteiger partial charge on any atom is -0.392 e. The lowest BCUT2D eigenvalue weighted by Gasteiger charge is -2.29. The van der Waals surface area contributed by atoms with Crippen LogP contribution in [0.5, 0.6) is 0 Å². The van der Waals surface area contributed by atoms with Crippen molar-refractivity contribution < 1.29 is 15.3 Å². The second-order valence-electron chi connectivity index (χ2n) is 17.0. The van der Waals surface area contributed by atoms with Gasteiger partial charge >= 0.3 is 0 Å². The molecule has 3 atom stereocenters. The molecule has 0 fully saturated rings. The standard InChI is InChI=1S/C53H99N3O3/c1-5-8-11-14-17-20-23-26-29-32-35-38-41-51(57)48-54-44-45-55(4)46-47-56(49-52(58)42-39-36-33-30-27-24-21-18-15-12-9-6-2)50-53(59)43-40-37-34-31-28-25-22-19-16-13-10-7-3/h8-13,17-22,51-54,57-59H,5-7,14-16,23-50H2,1-4H3/b11-8-,12-9-,13-10-,20-17-,21-18-,22-19-. The highest BCUT2D eigenvalue weighted by molar-refractivity contribution is 4.94. The van der Waals surface area contributed by atoms with Gasteiger partial charge in [0.15, 0.2) is 0 Å². The number of unbranched alkanes of at least 4 members (excludes halogenated alkanes) is 15. The number of likely N-dealkylation sites (N-methyl/N-ethyl adjacent to an activating group) is 1. The molecule has 344 valence electrons. The van der Waals surface area contributed by atoms with Crippen LogP contribution < -0.4 is 5.32 Å². The second kappa shape index (κ2) is 47.3. The summed E-state index contributed by atoms with van der Waals surface area (Å²) in [6.07, 6.45) is 56.8. The fraction of sp³-hybridized carbons (Fsp3) is 0.774. The van der Waals surface area contributed by atoms with Crippen molar-refractivity contribution in [3.8, 4) is 0 Å². The Morgan fingerprint density at radius 2 is 0.763 bits per heavy atom. The Labute approximate surface area is 367 Å². The summed E-state index contributed by atoms with van der Waals surface area (Å²) < 4.78 is 0. The van der Waals surface area contributed by atoms with Gasteiger partial charge in [0.2, 0.25) is 0 Å². The van der Waals surface area contributed by atoms with E-state index >= 15 is 0 Å². The molecule has 4 N–H and O–H groups in total. The van der Waals surface area contributed by atoms with E-state index in [9.17, 15) is 15.3 Å². The second-order valence-corrected chi connectivity index (χ2v) is 17.0. The van der Waals surface area contributed by atoms with Crippen molar-refractivity contribution >= 4 is 0 Å². The van der Waals surface area contributed by atoms with Crippen molar-refractivity contribution in [1.82, 2.24) is 15.1 Å². The van der Waals surface area contributed by atoms with Gasteiger partial charge < -0.3 is 25.5 Å². The van der Waals surface area contributed by atoms with E-state index in [0.29, 0.717) is 19.6 Å². The highest BCUT2D eigenvalue weighted by Crippen LogP contribution is 2.14. The maximum Gasteiger partial charge on any atom is 0.0667 e. The van der Waals surface area contributed by atoms with Crippen molar-refractivity contribution in [1.29, 1.82) is 0 Å². The van der Waals surface area contributed by atoms with Crippen molar-refractivity contribution in [3.05, 3.63) is 72.9 Å². The number of nitrogens with zero attached hydrogens (tertiary/aromatic N) is 2. The number of aliphatic hydroxyl groups excluding tert-OH is 3. The molecule has 6 heteroatoms. The third-order valence-corrected chi connectivity index (χ3v) is 11.0. The van der Waals surface area contributed by atoms with Gasteiger partial charge in [-0.05, 0) is 103 Å². The first-order valence-corrected chi connectivity index (χ1v) is 25.0. The number of hydrogen-bond acceptors (Lipinski definition) is 6. The number of hydrogen-bond donors (Lipinski definition) is 4. The Balaban J connectivity index is 4.45. The molecular weight excluding hydrogens is 727 g/mol. The van der Waals surface area contributed by atoms with Gasteiger partial charge in [-0.2, -0.15) is 0 Å². The van der Waals surface area contributed by atoms with E-state index < -0.39 is 0 Å². The first-order chi connectivity index (χ1) is 28.9. The number of nitrogens with one attached hydrogen (secondary N) is 1. The van der Waals surface area contributed by atoms with Crippen LogP contribution in [0.1, 0.15) is 194 Å². The maximum atomic E-state index is 11.0. The summed E-state index contributed by atoms with van der Waals surface area (Å²) in [5.74, 6) is 0. The Kier molecular flexibility index (Phi) is 45.8. The van der Waals surface area contributed by atoms with Crippen LogP contribution in [-0.4, -0.2) is 96.3 Å². The minimum atomic E-state index is -0.355. The molecule has 0 aromatic heterocycles. The molecule has 3 unspecified atom stereocenters. The average Bonchev–Trinajstić information content (AvgIpc) is 3.22. The van der Waals surface area contributed by atoms with Crippen molar-refractivity contribution in [3.63, 3.8) is 0 Å². The Hall–Kier alpha value is -1.80. The summed E-state index contributed by atoms with van der Waals surface area (Å²) >= 11 is 0. The van der Waals surface area contributed by atoms with Crippen molar-refractivity contribution in [2.24, 2.45) is 0 Å². The van der Waals surface area contributed by atoms with Crippen molar-refractivity contribution in [2.75, 3.05) is 52.9 Å². The van der Waals surface area contributed by atoms with Gasteiger partial charge in [0.05, 0.1) is 18.3 Å². The van der Waals surface area contributed by atoms with Crippen LogP contribution in [-0.2, 0) is 0 Å². The maximum absolute atomic E-state index is 11.0. The Morgan fingerprint density at radius 1 is 0.407 bits per heavy atom. The SMILES string of the molecule is CC/C=C\C/C=C\CCCCCCCC(O)CNCCN(C)CCN(CC(O)CCCCCCC/C=C\C/C=C\CC)CC(O)CCCCCCC/C=C\C/C=C\CC. The molecule has 59 heavy (non-hydrogen) atoms. The molecule has 0 spiro atoms. The highest BCUT2D eigenvalue weighted by atomic mass is 16.3. The van der Waals surface area contributed by atoms with Gasteiger partial charge in [0, 0.05) is 45.8 Å². The monoisotopic (exact) mass is 826 g/mol. The zero-order chi connectivity index (χ0) is 43.1. The van der Waals surface area contributed by atoms with E-state index in [1.807, 2.05) is 0 Å². The molecule has 0 saturated heterocycles. The van der Waals surface area contributed by atoms with E-state index in [-0.39, 0.29) is 18.3 Å². The molecule has 0 saturated carbocycles. The van der Waals surface area contributed by atoms with Crippen LogP contribution in [0.15, 0.2) is 72.9 Å². The zero-order valence-electron chi connectivity index (χ0n) is 39.4. The molecule has 0 radical (unpaired) electrons. The minimum absolute atomic E-state index is 0.280. The topological polar surface area (TPSA) is 79.2 Å². The summed E-state index contributed by atoms with van der Waals surface area (Å²) in [4.78, 5) is 4.63. The Bertz CT molecular complexity index is 973. The van der Waals surface area contributed by atoms with Crippen LogP contribution in [0.3, 0.4) is 0 Å². The van der Waals surface area contributed by atoms with E-state index in [0.717, 1.165) is 116 Å². The number of aliphatic hydroxyl groups is 3. The fourth-order valence-electron chi connectivity index (χ4n) is 7.28. The first kappa shape index (κ1) is 57.2. The highest BCUT2D eigenvalue weighted by Gasteiger charge is 2.17. The molecule has 0 aromatic rings. The van der Waals surface area contributed by atoms with E-state index in [1.54, 1.807) is 0 Å². The predicted molar refractivity (Wildman–Crippen MR) is 261 cm³/mol. The average molecular weight is 826 g/mol. The van der Waals surface area contributed by atoms with Crippen molar-refractivity contribution in [2.45, 2.75) is 212 Å². The van der Waals surface area contributed by atoms with Crippen LogP contribution in [0.25, 0.3) is 0 Å². The van der Waals surface area contributed by atoms with Crippen LogP contribution >= 0.6 is 0 Å². The molecular formula is C53H99N3O3. The molecule has 0 aliphatic heterocycles. The molecule has 0 bridgehead atoms. The summed E-state index contributed by atoms with van der Waals surface area (Å²) in [7, 11) is 2.15. The fourth-order valence-corrected chi connectivity index (χ4v) is 7.28. The largest absolute Gasteiger partial charge is 0.392 e. The lowest BCUT2D eigenvalue weighted by atomic mass is 10.1. The lowest BCUT2D eigenvalue weighted by Crippen LogP contribution is -2.43. The molecule has 0 heterocycles. The summed E-state index contributed by atoms with van der Waals surface area (Å²) in [6, 6.07) is 0. The van der Waals surface area contributed by atoms with Gasteiger partial charge in [0.1, 0.15) is 0 Å². The summed E-state index contributed by atoms with van der Waals surface area (Å²) in [6.45, 7) is 11.9. The molecule has 0 rings (SSSR count). The predicted octanol–water partition coefficient (Wildman–Crippen LogP) is 12.8. The molecule has 0 aromatic carbocycles. The summed E-state index contributed by atoms with van der Waals surface area (Å²) in [5, 5.41) is 36.0. The van der Waals surface area contributed by atoms with Gasteiger partial charge in [-0.15, -0.1) is 0 Å². The number of rotatable bonds is 45. The smallest absolute Gasteiger partial charge is 0.0667 e. The van der Waals surface area contributed by atoms with Gasteiger partial charge in [-0.1, -0.05) is 171 Å². The van der Waals surface area contributed by atoms with E-state index in [1.165, 1.54) is 83.5 Å². The van der Waals surface area contributed by atoms with Gasteiger partial charge in [0.25, 0.3) is 0 Å². The van der Waals surface area contributed by atoms with E-state index in [4.69, 9.17) is 0 Å². The van der Waals surface area contributed by atoms with Gasteiger partial charge in [-0.25, -0.2) is 0 Å². The third-order valence-electron chi connectivity index (χ3n) is 11.0.